The van der Waals surface area contributed by atoms with Crippen LogP contribution in [0.2, 0.25) is 0 Å². The molecule has 1 atom stereocenters. The van der Waals surface area contributed by atoms with Crippen LogP contribution in [-0.4, -0.2) is 37.5 Å². The van der Waals surface area contributed by atoms with Crippen molar-refractivity contribution < 1.29 is 23.7 Å². The number of phenols is 1. The molecule has 1 aliphatic rings. The molecule has 2 N–H and O–H groups in total. The van der Waals surface area contributed by atoms with Crippen LogP contribution in [0.5, 0.6) is 23.0 Å². The zero-order valence-electron chi connectivity index (χ0n) is 15.9. The Balaban J connectivity index is 1.13. The molecule has 0 aliphatic carbocycles. The number of phenolic OH excluding ortho intramolecular Hbond substituents is 1. The van der Waals surface area contributed by atoms with Gasteiger partial charge in [-0.25, -0.2) is 4.79 Å². The summed E-state index contributed by atoms with van der Waals surface area (Å²) in [5.74, 6) is 2.10. The van der Waals surface area contributed by atoms with Crippen molar-refractivity contribution in [1.29, 1.82) is 0 Å². The lowest BCUT2D eigenvalue weighted by molar-refractivity contribution is 0.0845. The Morgan fingerprint density at radius 1 is 1.07 bits per heavy atom. The van der Waals surface area contributed by atoms with E-state index in [2.05, 4.69) is 5.32 Å². The second kappa shape index (κ2) is 8.87. The van der Waals surface area contributed by atoms with Gasteiger partial charge in [-0.1, -0.05) is 0 Å². The van der Waals surface area contributed by atoms with E-state index in [9.17, 15) is 9.90 Å². The molecule has 29 heavy (non-hydrogen) atoms. The van der Waals surface area contributed by atoms with Gasteiger partial charge >= 0.3 is 5.63 Å². The molecule has 0 amide bonds. The molecule has 1 aromatic heterocycles. The number of rotatable bonds is 8. The van der Waals surface area contributed by atoms with Crippen LogP contribution in [0.3, 0.4) is 0 Å². The SMILES string of the molecule is O=c1ccc2ccc(OCCCNCCC3COc4cc(O)ccc4O3)cc2o1. The molecule has 0 fully saturated rings. The molecular weight excluding hydrogens is 374 g/mol. The Labute approximate surface area is 167 Å². The number of aromatic hydroxyl groups is 1. The second-order valence-electron chi connectivity index (χ2n) is 6.88. The lowest BCUT2D eigenvalue weighted by atomic mass is 10.2. The first-order valence-corrected chi connectivity index (χ1v) is 9.67. The molecule has 1 unspecified atom stereocenters. The van der Waals surface area contributed by atoms with E-state index in [4.69, 9.17) is 18.6 Å². The van der Waals surface area contributed by atoms with Gasteiger partial charge in [0.15, 0.2) is 11.5 Å². The average Bonchev–Trinajstić information content (AvgIpc) is 2.72. The Kier molecular flexibility index (Phi) is 5.86. The molecule has 4 rings (SSSR count). The predicted octanol–water partition coefficient (Wildman–Crippen LogP) is 3.09. The van der Waals surface area contributed by atoms with Gasteiger partial charge in [-0.3, -0.25) is 0 Å². The number of hydrogen-bond acceptors (Lipinski definition) is 7. The van der Waals surface area contributed by atoms with Crippen molar-refractivity contribution in [2.75, 3.05) is 26.3 Å². The van der Waals surface area contributed by atoms with E-state index in [1.807, 2.05) is 12.1 Å². The summed E-state index contributed by atoms with van der Waals surface area (Å²) < 4.78 is 22.4. The van der Waals surface area contributed by atoms with Crippen molar-refractivity contribution in [3.63, 3.8) is 0 Å². The lowest BCUT2D eigenvalue weighted by Gasteiger charge is -2.26. The van der Waals surface area contributed by atoms with E-state index in [-0.39, 0.29) is 17.5 Å². The molecule has 7 heteroatoms. The Morgan fingerprint density at radius 3 is 2.90 bits per heavy atom. The topological polar surface area (TPSA) is 90.2 Å². The summed E-state index contributed by atoms with van der Waals surface area (Å²) >= 11 is 0. The van der Waals surface area contributed by atoms with E-state index in [1.165, 1.54) is 6.07 Å². The minimum absolute atomic E-state index is 0.0111. The first kappa shape index (κ1) is 19.1. The van der Waals surface area contributed by atoms with Crippen molar-refractivity contribution in [2.24, 2.45) is 0 Å². The summed E-state index contributed by atoms with van der Waals surface area (Å²) in [5.41, 5.74) is 0.160. The van der Waals surface area contributed by atoms with Gasteiger partial charge in [0.2, 0.25) is 0 Å². The average molecular weight is 397 g/mol. The first-order valence-electron chi connectivity index (χ1n) is 9.67. The first-order chi connectivity index (χ1) is 14.2. The van der Waals surface area contributed by atoms with Crippen LogP contribution in [0.25, 0.3) is 11.0 Å². The largest absolute Gasteiger partial charge is 0.508 e. The predicted molar refractivity (Wildman–Crippen MR) is 108 cm³/mol. The van der Waals surface area contributed by atoms with Crippen molar-refractivity contribution in [3.8, 4) is 23.0 Å². The fourth-order valence-corrected chi connectivity index (χ4v) is 3.15. The molecule has 1 aliphatic heterocycles. The summed E-state index contributed by atoms with van der Waals surface area (Å²) in [6, 6.07) is 13.5. The minimum Gasteiger partial charge on any atom is -0.508 e. The number of nitrogens with one attached hydrogen (secondary N) is 1. The molecule has 2 aromatic carbocycles. The highest BCUT2D eigenvalue weighted by Crippen LogP contribution is 2.34. The van der Waals surface area contributed by atoms with Gasteiger partial charge in [0, 0.05) is 30.0 Å². The molecule has 3 aromatic rings. The highest BCUT2D eigenvalue weighted by atomic mass is 16.6. The minimum atomic E-state index is -0.368. The summed E-state index contributed by atoms with van der Waals surface area (Å²) in [4.78, 5) is 11.3. The van der Waals surface area contributed by atoms with E-state index in [0.717, 1.165) is 31.3 Å². The molecule has 0 saturated heterocycles. The van der Waals surface area contributed by atoms with Crippen LogP contribution < -0.4 is 25.2 Å². The monoisotopic (exact) mass is 397 g/mol. The molecular formula is C22H23NO6. The summed E-state index contributed by atoms with van der Waals surface area (Å²) in [6.45, 7) is 2.66. The van der Waals surface area contributed by atoms with Crippen LogP contribution in [0.15, 0.2) is 57.7 Å². The van der Waals surface area contributed by atoms with Gasteiger partial charge in [-0.15, -0.1) is 0 Å². The second-order valence-corrected chi connectivity index (χ2v) is 6.88. The van der Waals surface area contributed by atoms with E-state index >= 15 is 0 Å². The third-order valence-corrected chi connectivity index (χ3v) is 4.65. The fourth-order valence-electron chi connectivity index (χ4n) is 3.15. The van der Waals surface area contributed by atoms with Crippen molar-refractivity contribution >= 4 is 11.0 Å². The maximum atomic E-state index is 11.3. The van der Waals surface area contributed by atoms with E-state index in [0.29, 0.717) is 36.0 Å². The van der Waals surface area contributed by atoms with Crippen molar-refractivity contribution in [2.45, 2.75) is 18.9 Å². The highest BCUT2D eigenvalue weighted by Gasteiger charge is 2.20. The van der Waals surface area contributed by atoms with Gasteiger partial charge in [-0.2, -0.15) is 0 Å². The Bertz CT molecular complexity index is 1030. The van der Waals surface area contributed by atoms with Crippen molar-refractivity contribution in [1.82, 2.24) is 5.32 Å². The maximum absolute atomic E-state index is 11.3. The standard InChI is InChI=1S/C22H23NO6/c24-16-4-6-19-21(12-16)27-14-18(28-19)8-10-23-9-1-11-26-17-5-2-15-3-7-22(25)29-20(15)13-17/h2-7,12-13,18,23-24H,1,8-11,14H2. The van der Waals surface area contributed by atoms with Crippen LogP contribution in [-0.2, 0) is 0 Å². The number of ether oxygens (including phenoxy) is 3. The Hall–Kier alpha value is -3.19. The summed E-state index contributed by atoms with van der Waals surface area (Å²) in [5, 5.41) is 13.7. The molecule has 0 radical (unpaired) electrons. The smallest absolute Gasteiger partial charge is 0.336 e. The van der Waals surface area contributed by atoms with Gasteiger partial charge in [0.05, 0.1) is 6.61 Å². The van der Waals surface area contributed by atoms with Crippen molar-refractivity contribution in [3.05, 3.63) is 59.0 Å². The number of benzene rings is 2. The normalized spacial score (nSPS) is 15.4. The van der Waals surface area contributed by atoms with Crippen LogP contribution in [0, 0.1) is 0 Å². The molecule has 2 heterocycles. The lowest BCUT2D eigenvalue weighted by Crippen LogP contribution is -2.32. The van der Waals surface area contributed by atoms with Gasteiger partial charge in [-0.05, 0) is 49.8 Å². The zero-order valence-corrected chi connectivity index (χ0v) is 15.9. The molecule has 0 spiro atoms. The number of hydrogen-bond donors (Lipinski definition) is 2. The molecule has 7 nitrogen and oxygen atoms in total. The van der Waals surface area contributed by atoms with Gasteiger partial charge in [0.25, 0.3) is 0 Å². The van der Waals surface area contributed by atoms with E-state index < -0.39 is 0 Å². The van der Waals surface area contributed by atoms with E-state index in [1.54, 1.807) is 30.3 Å². The van der Waals surface area contributed by atoms with Crippen LogP contribution in [0.4, 0.5) is 0 Å². The summed E-state index contributed by atoms with van der Waals surface area (Å²) in [7, 11) is 0. The molecule has 152 valence electrons. The maximum Gasteiger partial charge on any atom is 0.336 e. The van der Waals surface area contributed by atoms with Gasteiger partial charge < -0.3 is 29.1 Å². The summed E-state index contributed by atoms with van der Waals surface area (Å²) in [6.07, 6.45) is 1.66. The molecule has 0 saturated carbocycles. The van der Waals surface area contributed by atoms with Crippen LogP contribution >= 0.6 is 0 Å². The Morgan fingerprint density at radius 2 is 1.97 bits per heavy atom. The molecule has 0 bridgehead atoms. The fraction of sp³-hybridized carbons (Fsp3) is 0.318. The zero-order chi connectivity index (χ0) is 20.1. The number of fused-ring (bicyclic) bond motifs is 2. The quantitative estimate of drug-likeness (QED) is 0.446. The third-order valence-electron chi connectivity index (χ3n) is 4.65. The third kappa shape index (κ3) is 5.00. The van der Waals surface area contributed by atoms with Gasteiger partial charge in [0.1, 0.15) is 29.8 Å². The highest BCUT2D eigenvalue weighted by molar-refractivity contribution is 5.77. The van der Waals surface area contributed by atoms with Crippen LogP contribution in [0.1, 0.15) is 12.8 Å².